The van der Waals surface area contributed by atoms with Crippen molar-refractivity contribution in [1.29, 1.82) is 0 Å². The van der Waals surface area contributed by atoms with E-state index in [-0.39, 0.29) is 4.90 Å². The second kappa shape index (κ2) is 4.41. The van der Waals surface area contributed by atoms with Crippen LogP contribution in [0.4, 0.5) is 0 Å². The second-order valence-corrected chi connectivity index (χ2v) is 4.52. The number of benzene rings is 1. The summed E-state index contributed by atoms with van der Waals surface area (Å²) in [5.41, 5.74) is 1.22. The zero-order chi connectivity index (χ0) is 11.5. The van der Waals surface area contributed by atoms with Gasteiger partial charge in [0.15, 0.2) is 0 Å². The minimum Gasteiger partial charge on any atom is -0.399 e. The van der Waals surface area contributed by atoms with E-state index in [2.05, 4.69) is 9.99 Å². The summed E-state index contributed by atoms with van der Waals surface area (Å²) >= 11 is 0. The van der Waals surface area contributed by atoms with Crippen molar-refractivity contribution in [2.24, 2.45) is 10.3 Å². The number of oxime groups is 1. The fraction of sp³-hybridized carbons (Fsp3) is 0.222. The maximum atomic E-state index is 11.2. The quantitative estimate of drug-likeness (QED) is 0.608. The third-order valence-electron chi connectivity index (χ3n) is 1.83. The molecule has 15 heavy (non-hydrogen) atoms. The standard InChI is InChI=1S/C9H12N2O3S/c1-7-3-4-8(6-11-14-2)5-9(7)15(10,12)13/h3-6H,1-2H3,(H2,10,12,13). The minimum absolute atomic E-state index is 0.0996. The molecule has 6 heteroatoms. The van der Waals surface area contributed by atoms with Gasteiger partial charge < -0.3 is 4.84 Å². The van der Waals surface area contributed by atoms with Crippen LogP contribution < -0.4 is 5.14 Å². The first-order valence-electron chi connectivity index (χ1n) is 4.15. The van der Waals surface area contributed by atoms with E-state index in [1.807, 2.05) is 0 Å². The van der Waals surface area contributed by atoms with E-state index in [4.69, 9.17) is 5.14 Å². The van der Waals surface area contributed by atoms with Gasteiger partial charge in [-0.2, -0.15) is 0 Å². The van der Waals surface area contributed by atoms with E-state index in [0.29, 0.717) is 11.1 Å². The Balaban J connectivity index is 3.23. The van der Waals surface area contributed by atoms with Crippen molar-refractivity contribution in [3.8, 4) is 0 Å². The lowest BCUT2D eigenvalue weighted by Crippen LogP contribution is -2.14. The molecule has 1 aromatic rings. The topological polar surface area (TPSA) is 81.8 Å². The maximum absolute atomic E-state index is 11.2. The average molecular weight is 228 g/mol. The Morgan fingerprint density at radius 1 is 1.47 bits per heavy atom. The van der Waals surface area contributed by atoms with E-state index in [1.165, 1.54) is 19.4 Å². The van der Waals surface area contributed by atoms with Gasteiger partial charge >= 0.3 is 0 Å². The van der Waals surface area contributed by atoms with Gasteiger partial charge in [-0.15, -0.1) is 0 Å². The first-order chi connectivity index (χ1) is 6.95. The van der Waals surface area contributed by atoms with Gasteiger partial charge in [0.25, 0.3) is 0 Å². The van der Waals surface area contributed by atoms with Crippen LogP contribution in [0.2, 0.25) is 0 Å². The first-order valence-corrected chi connectivity index (χ1v) is 5.70. The Morgan fingerprint density at radius 3 is 2.67 bits per heavy atom. The Bertz CT molecular complexity index is 480. The van der Waals surface area contributed by atoms with Crippen LogP contribution in [0.3, 0.4) is 0 Å². The molecule has 0 radical (unpaired) electrons. The molecule has 0 aliphatic carbocycles. The Morgan fingerprint density at radius 2 is 2.13 bits per heavy atom. The highest BCUT2D eigenvalue weighted by atomic mass is 32.2. The highest BCUT2D eigenvalue weighted by molar-refractivity contribution is 7.89. The van der Waals surface area contributed by atoms with Crippen LogP contribution in [0, 0.1) is 6.92 Å². The van der Waals surface area contributed by atoms with Crippen LogP contribution in [0.5, 0.6) is 0 Å². The van der Waals surface area contributed by atoms with Gasteiger partial charge in [0.2, 0.25) is 10.0 Å². The highest BCUT2D eigenvalue weighted by Gasteiger charge is 2.11. The lowest BCUT2D eigenvalue weighted by atomic mass is 10.2. The largest absolute Gasteiger partial charge is 0.399 e. The smallest absolute Gasteiger partial charge is 0.238 e. The molecular weight excluding hydrogens is 216 g/mol. The van der Waals surface area contributed by atoms with Crippen molar-refractivity contribution in [3.63, 3.8) is 0 Å². The van der Waals surface area contributed by atoms with Crippen LogP contribution in [0.1, 0.15) is 11.1 Å². The van der Waals surface area contributed by atoms with Crippen molar-refractivity contribution in [1.82, 2.24) is 0 Å². The van der Waals surface area contributed by atoms with Crippen LogP contribution in [0.25, 0.3) is 0 Å². The summed E-state index contributed by atoms with van der Waals surface area (Å²) in [5, 5.41) is 8.59. The summed E-state index contributed by atoms with van der Waals surface area (Å²) in [5.74, 6) is 0. The van der Waals surface area contributed by atoms with Crippen molar-refractivity contribution in [2.75, 3.05) is 7.11 Å². The van der Waals surface area contributed by atoms with E-state index >= 15 is 0 Å². The van der Waals surface area contributed by atoms with Gasteiger partial charge in [-0.25, -0.2) is 13.6 Å². The molecule has 2 N–H and O–H groups in total. The molecular formula is C9H12N2O3S. The molecule has 0 aromatic heterocycles. The third-order valence-corrected chi connectivity index (χ3v) is 2.88. The molecule has 0 saturated carbocycles. The van der Waals surface area contributed by atoms with E-state index < -0.39 is 10.0 Å². The number of rotatable bonds is 3. The summed E-state index contributed by atoms with van der Waals surface area (Å²) < 4.78 is 22.4. The van der Waals surface area contributed by atoms with Gasteiger partial charge in [0.1, 0.15) is 7.11 Å². The summed E-state index contributed by atoms with van der Waals surface area (Å²) in [6.07, 6.45) is 1.41. The lowest BCUT2D eigenvalue weighted by molar-refractivity contribution is 0.215. The Hall–Kier alpha value is -1.40. The molecule has 1 rings (SSSR count). The molecule has 0 saturated heterocycles. The molecule has 0 atom stereocenters. The second-order valence-electron chi connectivity index (χ2n) is 2.99. The van der Waals surface area contributed by atoms with E-state index in [1.54, 1.807) is 19.1 Å². The number of sulfonamides is 1. The molecule has 0 heterocycles. The fourth-order valence-electron chi connectivity index (χ4n) is 1.12. The molecule has 5 nitrogen and oxygen atoms in total. The molecule has 82 valence electrons. The Kier molecular flexibility index (Phi) is 3.43. The predicted molar refractivity (Wildman–Crippen MR) is 57.2 cm³/mol. The van der Waals surface area contributed by atoms with Gasteiger partial charge in [0, 0.05) is 0 Å². The van der Waals surface area contributed by atoms with Gasteiger partial charge in [0.05, 0.1) is 11.1 Å². The van der Waals surface area contributed by atoms with Gasteiger partial charge in [-0.1, -0.05) is 17.3 Å². The molecule has 0 spiro atoms. The highest BCUT2D eigenvalue weighted by Crippen LogP contribution is 2.14. The molecule has 1 aromatic carbocycles. The average Bonchev–Trinajstić information content (AvgIpc) is 2.15. The monoisotopic (exact) mass is 228 g/mol. The number of nitrogens with two attached hydrogens (primary N) is 1. The van der Waals surface area contributed by atoms with Crippen LogP contribution >= 0.6 is 0 Å². The molecule has 0 unspecified atom stereocenters. The Labute approximate surface area is 88.6 Å². The summed E-state index contributed by atoms with van der Waals surface area (Å²) in [6, 6.07) is 4.84. The number of hydrogen-bond acceptors (Lipinski definition) is 4. The molecule has 0 fully saturated rings. The van der Waals surface area contributed by atoms with Crippen molar-refractivity contribution in [2.45, 2.75) is 11.8 Å². The number of primary sulfonamides is 1. The molecule has 0 aliphatic heterocycles. The van der Waals surface area contributed by atoms with Gasteiger partial charge in [-0.05, 0) is 24.1 Å². The normalized spacial score (nSPS) is 11.9. The fourth-order valence-corrected chi connectivity index (χ4v) is 1.93. The van der Waals surface area contributed by atoms with E-state index in [0.717, 1.165) is 0 Å². The lowest BCUT2D eigenvalue weighted by Gasteiger charge is -2.03. The van der Waals surface area contributed by atoms with Crippen LogP contribution in [-0.4, -0.2) is 21.7 Å². The maximum Gasteiger partial charge on any atom is 0.238 e. The third kappa shape index (κ3) is 3.03. The summed E-state index contributed by atoms with van der Waals surface area (Å²) in [7, 11) is -2.28. The first kappa shape index (κ1) is 11.7. The number of hydrogen-bond donors (Lipinski definition) is 1. The predicted octanol–water partition coefficient (Wildman–Crippen LogP) is 0.623. The zero-order valence-electron chi connectivity index (χ0n) is 8.47. The van der Waals surface area contributed by atoms with Crippen molar-refractivity contribution < 1.29 is 13.3 Å². The minimum atomic E-state index is -3.68. The summed E-state index contributed by atoms with van der Waals surface area (Å²) in [6.45, 7) is 1.68. The number of nitrogens with zero attached hydrogens (tertiary/aromatic N) is 1. The number of aryl methyl sites for hydroxylation is 1. The van der Waals surface area contributed by atoms with Crippen molar-refractivity contribution >= 4 is 16.2 Å². The van der Waals surface area contributed by atoms with Crippen LogP contribution in [0.15, 0.2) is 28.3 Å². The van der Waals surface area contributed by atoms with Crippen LogP contribution in [-0.2, 0) is 14.9 Å². The summed E-state index contributed by atoms with van der Waals surface area (Å²) in [4.78, 5) is 4.59. The zero-order valence-corrected chi connectivity index (χ0v) is 9.28. The van der Waals surface area contributed by atoms with Gasteiger partial charge in [-0.3, -0.25) is 0 Å². The van der Waals surface area contributed by atoms with E-state index in [9.17, 15) is 8.42 Å². The molecule has 0 amide bonds. The van der Waals surface area contributed by atoms with Crippen molar-refractivity contribution in [3.05, 3.63) is 29.3 Å². The SMILES string of the molecule is CON=Cc1ccc(C)c(S(N)(=O)=O)c1. The molecule has 0 aliphatic rings. The molecule has 0 bridgehead atoms.